The van der Waals surface area contributed by atoms with Crippen LogP contribution in [0.15, 0.2) is 24.3 Å². The van der Waals surface area contributed by atoms with Gasteiger partial charge in [-0.2, -0.15) is 0 Å². The molecule has 0 N–H and O–H groups in total. The molecule has 66 valence electrons. The van der Waals surface area contributed by atoms with Crippen molar-refractivity contribution in [2.75, 3.05) is 0 Å². The number of rotatable bonds is 3. The zero-order valence-corrected chi connectivity index (χ0v) is 7.71. The van der Waals surface area contributed by atoms with Crippen molar-refractivity contribution in [3.05, 3.63) is 35.4 Å². The third-order valence-electron chi connectivity index (χ3n) is 1.87. The second kappa shape index (κ2) is 4.47. The molecule has 1 aromatic carbocycles. The zero-order chi connectivity index (χ0) is 9.68. The van der Waals surface area contributed by atoms with Gasteiger partial charge in [-0.25, -0.2) is 0 Å². The van der Waals surface area contributed by atoms with Crippen LogP contribution in [-0.4, -0.2) is 5.78 Å². The summed E-state index contributed by atoms with van der Waals surface area (Å²) < 4.78 is 0. The summed E-state index contributed by atoms with van der Waals surface area (Å²) in [6.45, 7) is 2.00. The summed E-state index contributed by atoms with van der Waals surface area (Å²) >= 11 is 0. The lowest BCUT2D eigenvalue weighted by Gasteiger charge is -1.98. The summed E-state index contributed by atoms with van der Waals surface area (Å²) in [6, 6.07) is 7.55. The van der Waals surface area contributed by atoms with Gasteiger partial charge in [-0.1, -0.05) is 29.8 Å². The standard InChI is InChI=1S/C12H12O/c1-3-4-5-12(13)11-8-6-10(2)7-9-11/h1,6-9H,4-5H2,2H3. The Balaban J connectivity index is 2.68. The largest absolute Gasteiger partial charge is 0.294 e. The van der Waals surface area contributed by atoms with Gasteiger partial charge in [0.25, 0.3) is 0 Å². The van der Waals surface area contributed by atoms with Crippen molar-refractivity contribution in [2.24, 2.45) is 0 Å². The molecule has 0 aliphatic rings. The number of carbonyl (C=O) groups is 1. The van der Waals surface area contributed by atoms with Crippen LogP contribution in [0.5, 0.6) is 0 Å². The number of hydrogen-bond donors (Lipinski definition) is 0. The summed E-state index contributed by atoms with van der Waals surface area (Å²) in [7, 11) is 0. The van der Waals surface area contributed by atoms with E-state index in [-0.39, 0.29) is 5.78 Å². The van der Waals surface area contributed by atoms with Crippen LogP contribution < -0.4 is 0 Å². The number of carbonyl (C=O) groups excluding carboxylic acids is 1. The molecular weight excluding hydrogens is 160 g/mol. The van der Waals surface area contributed by atoms with Crippen LogP contribution in [0.4, 0.5) is 0 Å². The van der Waals surface area contributed by atoms with Gasteiger partial charge in [0.2, 0.25) is 0 Å². The highest BCUT2D eigenvalue weighted by Gasteiger charge is 2.02. The van der Waals surface area contributed by atoms with E-state index in [1.807, 2.05) is 31.2 Å². The van der Waals surface area contributed by atoms with E-state index < -0.39 is 0 Å². The molecule has 1 rings (SSSR count). The summed E-state index contributed by atoms with van der Waals surface area (Å²) in [5.41, 5.74) is 1.91. The maximum atomic E-state index is 11.4. The highest BCUT2D eigenvalue weighted by molar-refractivity contribution is 5.96. The van der Waals surface area contributed by atoms with E-state index in [1.165, 1.54) is 0 Å². The van der Waals surface area contributed by atoms with Crippen molar-refractivity contribution < 1.29 is 4.79 Å². The van der Waals surface area contributed by atoms with Crippen molar-refractivity contribution in [3.8, 4) is 12.3 Å². The molecule has 0 saturated carbocycles. The van der Waals surface area contributed by atoms with E-state index in [9.17, 15) is 4.79 Å². The van der Waals surface area contributed by atoms with Crippen LogP contribution in [-0.2, 0) is 0 Å². The minimum absolute atomic E-state index is 0.123. The predicted molar refractivity (Wildman–Crippen MR) is 53.6 cm³/mol. The highest BCUT2D eigenvalue weighted by atomic mass is 16.1. The molecule has 0 bridgehead atoms. The van der Waals surface area contributed by atoms with E-state index in [4.69, 9.17) is 6.42 Å². The fraction of sp³-hybridized carbons (Fsp3) is 0.250. The lowest BCUT2D eigenvalue weighted by molar-refractivity contribution is 0.0984. The van der Waals surface area contributed by atoms with Crippen molar-refractivity contribution in [2.45, 2.75) is 19.8 Å². The monoisotopic (exact) mass is 172 g/mol. The Morgan fingerprint density at radius 1 is 1.38 bits per heavy atom. The molecule has 0 saturated heterocycles. The van der Waals surface area contributed by atoms with E-state index in [0.717, 1.165) is 11.1 Å². The second-order valence-corrected chi connectivity index (χ2v) is 2.99. The average molecular weight is 172 g/mol. The molecule has 0 atom stereocenters. The van der Waals surface area contributed by atoms with Gasteiger partial charge in [0.05, 0.1) is 0 Å². The number of aryl methyl sites for hydroxylation is 1. The fourth-order valence-electron chi connectivity index (χ4n) is 1.07. The SMILES string of the molecule is C#CCCC(=O)c1ccc(C)cc1. The first kappa shape index (κ1) is 9.54. The van der Waals surface area contributed by atoms with Crippen molar-refractivity contribution in [1.29, 1.82) is 0 Å². The molecule has 1 heteroatoms. The van der Waals surface area contributed by atoms with Gasteiger partial charge >= 0.3 is 0 Å². The van der Waals surface area contributed by atoms with Crippen LogP contribution >= 0.6 is 0 Å². The lowest BCUT2D eigenvalue weighted by Crippen LogP contribution is -1.97. The quantitative estimate of drug-likeness (QED) is 0.506. The normalized spacial score (nSPS) is 9.23. The van der Waals surface area contributed by atoms with Gasteiger partial charge in [-0.05, 0) is 6.92 Å². The molecular formula is C12H12O. The van der Waals surface area contributed by atoms with Crippen LogP contribution in [0.25, 0.3) is 0 Å². The van der Waals surface area contributed by atoms with Gasteiger partial charge in [0.15, 0.2) is 5.78 Å². The van der Waals surface area contributed by atoms with Crippen LogP contribution in [0, 0.1) is 19.3 Å². The lowest BCUT2D eigenvalue weighted by atomic mass is 10.1. The summed E-state index contributed by atoms with van der Waals surface area (Å²) in [6.07, 6.45) is 6.04. The Hall–Kier alpha value is -1.55. The molecule has 0 aromatic heterocycles. The first-order valence-corrected chi connectivity index (χ1v) is 4.27. The number of hydrogen-bond acceptors (Lipinski definition) is 1. The van der Waals surface area contributed by atoms with Gasteiger partial charge in [0, 0.05) is 18.4 Å². The van der Waals surface area contributed by atoms with Crippen LogP contribution in [0.3, 0.4) is 0 Å². The van der Waals surface area contributed by atoms with E-state index in [0.29, 0.717) is 12.8 Å². The van der Waals surface area contributed by atoms with Gasteiger partial charge in [-0.3, -0.25) is 4.79 Å². The molecule has 1 aromatic rings. The Morgan fingerprint density at radius 3 is 2.54 bits per heavy atom. The maximum absolute atomic E-state index is 11.4. The number of terminal acetylenes is 1. The fourth-order valence-corrected chi connectivity index (χ4v) is 1.07. The third-order valence-corrected chi connectivity index (χ3v) is 1.87. The molecule has 1 nitrogen and oxygen atoms in total. The molecule has 0 aliphatic carbocycles. The molecule has 13 heavy (non-hydrogen) atoms. The minimum Gasteiger partial charge on any atom is -0.294 e. The van der Waals surface area contributed by atoms with Crippen molar-refractivity contribution in [1.82, 2.24) is 0 Å². The molecule has 0 amide bonds. The molecule has 0 heterocycles. The van der Waals surface area contributed by atoms with Gasteiger partial charge < -0.3 is 0 Å². The average Bonchev–Trinajstić information content (AvgIpc) is 2.15. The zero-order valence-electron chi connectivity index (χ0n) is 7.71. The molecule has 0 radical (unpaired) electrons. The molecule has 0 aliphatic heterocycles. The topological polar surface area (TPSA) is 17.1 Å². The molecule has 0 spiro atoms. The third kappa shape index (κ3) is 2.76. The van der Waals surface area contributed by atoms with Crippen molar-refractivity contribution in [3.63, 3.8) is 0 Å². The Bertz CT molecular complexity index is 327. The summed E-state index contributed by atoms with van der Waals surface area (Å²) in [4.78, 5) is 11.4. The summed E-state index contributed by atoms with van der Waals surface area (Å²) in [5.74, 6) is 2.58. The minimum atomic E-state index is 0.123. The van der Waals surface area contributed by atoms with Crippen molar-refractivity contribution >= 4 is 5.78 Å². The number of benzene rings is 1. The highest BCUT2D eigenvalue weighted by Crippen LogP contribution is 2.06. The smallest absolute Gasteiger partial charge is 0.163 e. The van der Waals surface area contributed by atoms with E-state index in [2.05, 4.69) is 5.92 Å². The molecule has 0 fully saturated rings. The number of ketones is 1. The van der Waals surface area contributed by atoms with E-state index in [1.54, 1.807) is 0 Å². The van der Waals surface area contributed by atoms with Gasteiger partial charge in [0.1, 0.15) is 0 Å². The molecule has 0 unspecified atom stereocenters. The second-order valence-electron chi connectivity index (χ2n) is 2.99. The van der Waals surface area contributed by atoms with Gasteiger partial charge in [-0.15, -0.1) is 12.3 Å². The Kier molecular flexibility index (Phi) is 3.28. The Labute approximate surface area is 78.8 Å². The van der Waals surface area contributed by atoms with Crippen LogP contribution in [0.2, 0.25) is 0 Å². The maximum Gasteiger partial charge on any atom is 0.163 e. The first-order chi connectivity index (χ1) is 6.24. The van der Waals surface area contributed by atoms with Crippen LogP contribution in [0.1, 0.15) is 28.8 Å². The predicted octanol–water partition coefficient (Wildman–Crippen LogP) is 2.59. The first-order valence-electron chi connectivity index (χ1n) is 4.27. The Morgan fingerprint density at radius 2 is 2.00 bits per heavy atom. The van der Waals surface area contributed by atoms with E-state index >= 15 is 0 Å². The number of Topliss-reactive ketones (excluding diaryl/α,β-unsaturated/α-hetero) is 1. The summed E-state index contributed by atoms with van der Waals surface area (Å²) in [5, 5.41) is 0.